The highest BCUT2D eigenvalue weighted by Crippen LogP contribution is 2.27. The van der Waals surface area contributed by atoms with Crippen LogP contribution in [0.1, 0.15) is 18.5 Å². The molecule has 0 radical (unpaired) electrons. The number of nitrogens with one attached hydrogen (secondary N) is 1. The first kappa shape index (κ1) is 12.2. The molecule has 0 aliphatic carbocycles. The van der Waals surface area contributed by atoms with Crippen molar-refractivity contribution in [3.05, 3.63) is 30.0 Å². The number of nitrogens with zero attached hydrogens (tertiary/aromatic N) is 2. The zero-order chi connectivity index (χ0) is 13.5. The number of benzene rings is 1. The third kappa shape index (κ3) is 1.90. The van der Waals surface area contributed by atoms with E-state index >= 15 is 0 Å². The van der Waals surface area contributed by atoms with Crippen LogP contribution in [0.3, 0.4) is 0 Å². The molecule has 1 aliphatic rings. The predicted octanol–water partition coefficient (Wildman–Crippen LogP) is 1.32. The van der Waals surface area contributed by atoms with E-state index in [0.717, 1.165) is 29.6 Å². The minimum absolute atomic E-state index is 0.434. The number of carboxylic acid groups (broad SMARTS) is 1. The molecule has 2 aromatic rings. The second kappa shape index (κ2) is 4.35. The number of aliphatic carboxylic acids is 1. The van der Waals surface area contributed by atoms with Crippen molar-refractivity contribution < 1.29 is 9.90 Å². The van der Waals surface area contributed by atoms with Crippen molar-refractivity contribution in [3.8, 4) is 0 Å². The van der Waals surface area contributed by atoms with Gasteiger partial charge in [0.1, 0.15) is 5.54 Å². The predicted molar refractivity (Wildman–Crippen MR) is 72.0 cm³/mol. The average Bonchev–Trinajstić information content (AvgIpc) is 2.98. The molecule has 2 heterocycles. The van der Waals surface area contributed by atoms with E-state index in [0.29, 0.717) is 12.8 Å². The van der Waals surface area contributed by atoms with Gasteiger partial charge in [0.25, 0.3) is 0 Å². The Morgan fingerprint density at radius 1 is 1.53 bits per heavy atom. The van der Waals surface area contributed by atoms with Crippen molar-refractivity contribution in [2.24, 2.45) is 7.05 Å². The third-order valence-corrected chi connectivity index (χ3v) is 3.96. The van der Waals surface area contributed by atoms with E-state index in [4.69, 9.17) is 0 Å². The van der Waals surface area contributed by atoms with Crippen molar-refractivity contribution in [2.45, 2.75) is 24.8 Å². The Hall–Kier alpha value is -1.88. The van der Waals surface area contributed by atoms with Gasteiger partial charge in [-0.3, -0.25) is 9.48 Å². The van der Waals surface area contributed by atoms with Crippen LogP contribution in [0, 0.1) is 0 Å². The van der Waals surface area contributed by atoms with Gasteiger partial charge in [-0.15, -0.1) is 0 Å². The molecule has 1 saturated heterocycles. The standard InChI is InChI=1S/C14H17N3O2/c1-17-12-6-3-2-5-10(12)11(16-17)9-14(13(18)19)7-4-8-15-14/h2-3,5-6,15H,4,7-9H2,1H3,(H,18,19). The lowest BCUT2D eigenvalue weighted by molar-refractivity contribution is -0.144. The number of hydrogen-bond donors (Lipinski definition) is 2. The molecule has 2 N–H and O–H groups in total. The summed E-state index contributed by atoms with van der Waals surface area (Å²) < 4.78 is 1.81. The van der Waals surface area contributed by atoms with Crippen LogP contribution in [-0.4, -0.2) is 32.9 Å². The van der Waals surface area contributed by atoms with E-state index in [-0.39, 0.29) is 0 Å². The van der Waals surface area contributed by atoms with Gasteiger partial charge in [0.2, 0.25) is 0 Å². The van der Waals surface area contributed by atoms with Crippen molar-refractivity contribution in [1.29, 1.82) is 0 Å². The monoisotopic (exact) mass is 259 g/mol. The van der Waals surface area contributed by atoms with Gasteiger partial charge in [0, 0.05) is 18.9 Å². The van der Waals surface area contributed by atoms with Gasteiger partial charge in [-0.1, -0.05) is 18.2 Å². The molecule has 5 heteroatoms. The summed E-state index contributed by atoms with van der Waals surface area (Å²) >= 11 is 0. The fourth-order valence-electron chi connectivity index (χ4n) is 2.92. The van der Waals surface area contributed by atoms with E-state index in [1.54, 1.807) is 0 Å². The Labute approximate surface area is 111 Å². The van der Waals surface area contributed by atoms with Gasteiger partial charge in [-0.05, 0) is 25.5 Å². The molecule has 1 atom stereocenters. The maximum absolute atomic E-state index is 11.6. The van der Waals surface area contributed by atoms with Crippen LogP contribution >= 0.6 is 0 Å². The van der Waals surface area contributed by atoms with Crippen LogP contribution in [-0.2, 0) is 18.3 Å². The zero-order valence-corrected chi connectivity index (χ0v) is 10.9. The SMILES string of the molecule is Cn1nc(CC2(C(=O)O)CCCN2)c2ccccc21. The molecule has 5 nitrogen and oxygen atoms in total. The van der Waals surface area contributed by atoms with E-state index < -0.39 is 11.5 Å². The Morgan fingerprint density at radius 3 is 3.00 bits per heavy atom. The van der Waals surface area contributed by atoms with Gasteiger partial charge >= 0.3 is 5.97 Å². The lowest BCUT2D eigenvalue weighted by Crippen LogP contribution is -2.49. The summed E-state index contributed by atoms with van der Waals surface area (Å²) in [4.78, 5) is 11.6. The molecule has 100 valence electrons. The maximum atomic E-state index is 11.6. The molecular formula is C14H17N3O2. The topological polar surface area (TPSA) is 67.2 Å². The maximum Gasteiger partial charge on any atom is 0.324 e. The molecule has 1 aromatic heterocycles. The summed E-state index contributed by atoms with van der Waals surface area (Å²) in [6.07, 6.45) is 1.99. The molecular weight excluding hydrogens is 242 g/mol. The Morgan fingerprint density at radius 2 is 2.32 bits per heavy atom. The first-order valence-corrected chi connectivity index (χ1v) is 6.51. The molecule has 1 unspecified atom stereocenters. The molecule has 1 fully saturated rings. The highest BCUT2D eigenvalue weighted by molar-refractivity contribution is 5.84. The van der Waals surface area contributed by atoms with Gasteiger partial charge in [-0.25, -0.2) is 0 Å². The number of aromatic nitrogens is 2. The fraction of sp³-hybridized carbons (Fsp3) is 0.429. The highest BCUT2D eigenvalue weighted by atomic mass is 16.4. The van der Waals surface area contributed by atoms with E-state index in [2.05, 4.69) is 10.4 Å². The van der Waals surface area contributed by atoms with Gasteiger partial charge in [-0.2, -0.15) is 5.10 Å². The highest BCUT2D eigenvalue weighted by Gasteiger charge is 2.42. The fourth-order valence-corrected chi connectivity index (χ4v) is 2.92. The second-order valence-corrected chi connectivity index (χ2v) is 5.18. The minimum Gasteiger partial charge on any atom is -0.480 e. The number of carboxylic acids is 1. The van der Waals surface area contributed by atoms with Crippen molar-refractivity contribution in [2.75, 3.05) is 6.54 Å². The molecule has 3 rings (SSSR count). The van der Waals surface area contributed by atoms with E-state index in [9.17, 15) is 9.90 Å². The van der Waals surface area contributed by atoms with Crippen LogP contribution < -0.4 is 5.32 Å². The number of para-hydroxylation sites is 1. The normalized spacial score (nSPS) is 23.0. The van der Waals surface area contributed by atoms with Crippen LogP contribution in [0.15, 0.2) is 24.3 Å². The average molecular weight is 259 g/mol. The van der Waals surface area contributed by atoms with Crippen LogP contribution in [0.5, 0.6) is 0 Å². The second-order valence-electron chi connectivity index (χ2n) is 5.18. The van der Waals surface area contributed by atoms with Crippen LogP contribution in [0.25, 0.3) is 10.9 Å². The number of hydrogen-bond acceptors (Lipinski definition) is 3. The molecule has 19 heavy (non-hydrogen) atoms. The molecule has 0 amide bonds. The minimum atomic E-state index is -0.850. The molecule has 1 aliphatic heterocycles. The molecule has 0 bridgehead atoms. The first-order chi connectivity index (χ1) is 9.12. The third-order valence-electron chi connectivity index (χ3n) is 3.96. The summed E-state index contributed by atoms with van der Waals surface area (Å²) in [5.41, 5.74) is 1.04. The number of fused-ring (bicyclic) bond motifs is 1. The van der Waals surface area contributed by atoms with E-state index in [1.165, 1.54) is 0 Å². The summed E-state index contributed by atoms with van der Waals surface area (Å²) in [6.45, 7) is 0.761. The van der Waals surface area contributed by atoms with Gasteiger partial charge in [0.05, 0.1) is 11.2 Å². The van der Waals surface area contributed by atoms with Crippen molar-refractivity contribution >= 4 is 16.9 Å². The van der Waals surface area contributed by atoms with Gasteiger partial charge in [0.15, 0.2) is 0 Å². The summed E-state index contributed by atoms with van der Waals surface area (Å²) in [5.74, 6) is -0.778. The quantitative estimate of drug-likeness (QED) is 0.872. The van der Waals surface area contributed by atoms with Gasteiger partial charge < -0.3 is 10.4 Å². The largest absolute Gasteiger partial charge is 0.480 e. The summed E-state index contributed by atoms with van der Waals surface area (Å²) in [6, 6.07) is 7.93. The summed E-state index contributed by atoms with van der Waals surface area (Å²) in [5, 5.41) is 18.2. The Balaban J connectivity index is 2.03. The van der Waals surface area contributed by atoms with Crippen molar-refractivity contribution in [1.82, 2.24) is 15.1 Å². The van der Waals surface area contributed by atoms with E-state index in [1.807, 2.05) is 36.0 Å². The Kier molecular flexibility index (Phi) is 2.78. The lowest BCUT2D eigenvalue weighted by atomic mass is 9.91. The smallest absolute Gasteiger partial charge is 0.324 e. The molecule has 0 spiro atoms. The van der Waals surface area contributed by atoms with Crippen LogP contribution in [0.4, 0.5) is 0 Å². The number of carbonyl (C=O) groups is 1. The number of rotatable bonds is 3. The summed E-state index contributed by atoms with van der Waals surface area (Å²) in [7, 11) is 1.89. The van der Waals surface area contributed by atoms with Crippen LogP contribution in [0.2, 0.25) is 0 Å². The molecule has 0 saturated carbocycles. The Bertz CT molecular complexity index is 627. The molecule has 1 aromatic carbocycles. The zero-order valence-electron chi connectivity index (χ0n) is 10.9. The lowest BCUT2D eigenvalue weighted by Gasteiger charge is -2.23. The van der Waals surface area contributed by atoms with Crippen molar-refractivity contribution in [3.63, 3.8) is 0 Å². The number of aryl methyl sites for hydroxylation is 1. The first-order valence-electron chi connectivity index (χ1n) is 6.51.